The molecule has 0 unspecified atom stereocenters. The van der Waals surface area contributed by atoms with Crippen LogP contribution in [0.4, 0.5) is 0 Å². The summed E-state index contributed by atoms with van der Waals surface area (Å²) in [6, 6.07) is 26.1. The average molecular weight is 514 g/mol. The number of halogens is 2. The minimum absolute atomic E-state index is 0.662. The fraction of sp³-hybridized carbons (Fsp3) is 0. The molecule has 3 nitrogen and oxygen atoms in total. The van der Waals surface area contributed by atoms with Crippen LogP contribution in [0.3, 0.4) is 0 Å². The number of benzene rings is 3. The minimum Gasteiger partial charge on any atom is -0.208 e. The van der Waals surface area contributed by atoms with Crippen LogP contribution in [-0.4, -0.2) is 15.0 Å². The largest absolute Gasteiger partial charge is 0.208 e. The van der Waals surface area contributed by atoms with E-state index in [-0.39, 0.29) is 0 Å². The molecule has 0 N–H and O–H groups in total. The van der Waals surface area contributed by atoms with Gasteiger partial charge in [-0.05, 0) is 50.7 Å². The Kier molecular flexibility index (Phi) is 5.08. The van der Waals surface area contributed by atoms with Gasteiger partial charge in [0.2, 0.25) is 0 Å². The molecule has 0 atom stereocenters. The maximum absolute atomic E-state index is 4.72. The smallest absolute Gasteiger partial charge is 0.164 e. The van der Waals surface area contributed by atoms with Crippen LogP contribution in [0, 0.1) is 3.57 Å². The monoisotopic (exact) mass is 513 g/mol. The van der Waals surface area contributed by atoms with Crippen LogP contribution in [0.1, 0.15) is 0 Å². The van der Waals surface area contributed by atoms with Crippen LogP contribution in [0.5, 0.6) is 0 Å². The van der Waals surface area contributed by atoms with E-state index in [0.29, 0.717) is 17.5 Å². The van der Waals surface area contributed by atoms with Gasteiger partial charge in [-0.3, -0.25) is 0 Å². The van der Waals surface area contributed by atoms with Crippen molar-refractivity contribution in [3.8, 4) is 34.2 Å². The summed E-state index contributed by atoms with van der Waals surface area (Å²) in [5.74, 6) is 2.00. The van der Waals surface area contributed by atoms with Crippen molar-refractivity contribution in [1.29, 1.82) is 0 Å². The molecule has 0 aliphatic rings. The van der Waals surface area contributed by atoms with Crippen LogP contribution >= 0.6 is 38.5 Å². The second-order valence-electron chi connectivity index (χ2n) is 5.67. The molecule has 4 aromatic rings. The first-order valence-corrected chi connectivity index (χ1v) is 9.90. The van der Waals surface area contributed by atoms with Gasteiger partial charge in [0.1, 0.15) is 0 Å². The van der Waals surface area contributed by atoms with Crippen LogP contribution < -0.4 is 0 Å². The third-order valence-corrected chi connectivity index (χ3v) is 6.22. The summed E-state index contributed by atoms with van der Waals surface area (Å²) >= 11 is 5.88. The molecule has 0 saturated carbocycles. The Morgan fingerprint density at radius 1 is 0.577 bits per heavy atom. The maximum atomic E-state index is 4.72. The van der Waals surface area contributed by atoms with Gasteiger partial charge in [0.25, 0.3) is 0 Å². The highest BCUT2D eigenvalue weighted by molar-refractivity contribution is 14.1. The van der Waals surface area contributed by atoms with Gasteiger partial charge < -0.3 is 0 Å². The molecule has 0 radical (unpaired) electrons. The molecule has 0 fully saturated rings. The zero-order chi connectivity index (χ0) is 17.9. The summed E-state index contributed by atoms with van der Waals surface area (Å²) in [7, 11) is 0. The molecule has 0 aliphatic carbocycles. The second-order valence-corrected chi connectivity index (χ2v) is 7.68. The van der Waals surface area contributed by atoms with E-state index >= 15 is 0 Å². The summed E-state index contributed by atoms with van der Waals surface area (Å²) in [4.78, 5) is 14.2. The normalized spacial score (nSPS) is 10.7. The molecule has 1 aromatic heterocycles. The van der Waals surface area contributed by atoms with E-state index in [1.807, 2.05) is 78.9 Å². The topological polar surface area (TPSA) is 38.7 Å². The fourth-order valence-corrected chi connectivity index (χ4v) is 3.29. The average Bonchev–Trinajstić information content (AvgIpc) is 2.71. The molecule has 0 spiro atoms. The third-order valence-electron chi connectivity index (χ3n) is 3.88. The molecule has 1 heterocycles. The van der Waals surface area contributed by atoms with Gasteiger partial charge in [-0.1, -0.05) is 66.7 Å². The number of hydrogen-bond donors (Lipinski definition) is 0. The van der Waals surface area contributed by atoms with Crippen molar-refractivity contribution in [2.24, 2.45) is 0 Å². The van der Waals surface area contributed by atoms with E-state index in [2.05, 4.69) is 38.5 Å². The number of hydrogen-bond acceptors (Lipinski definition) is 3. The first-order valence-electron chi connectivity index (χ1n) is 8.03. The Bertz CT molecular complexity index is 996. The number of nitrogens with zero attached hydrogens (tertiary/aromatic N) is 3. The van der Waals surface area contributed by atoms with Gasteiger partial charge >= 0.3 is 0 Å². The predicted molar refractivity (Wildman–Crippen MR) is 117 cm³/mol. The van der Waals surface area contributed by atoms with Gasteiger partial charge in [0, 0.05) is 24.7 Å². The lowest BCUT2D eigenvalue weighted by molar-refractivity contribution is 1.07. The Labute approximate surface area is 173 Å². The molecule has 4 rings (SSSR count). The first kappa shape index (κ1) is 17.3. The van der Waals surface area contributed by atoms with E-state index in [1.54, 1.807) is 0 Å². The van der Waals surface area contributed by atoms with Gasteiger partial charge in [-0.2, -0.15) is 0 Å². The van der Waals surface area contributed by atoms with Crippen LogP contribution in [0.15, 0.2) is 83.3 Å². The van der Waals surface area contributed by atoms with Gasteiger partial charge in [0.15, 0.2) is 17.5 Å². The molecule has 126 valence electrons. The standard InChI is InChI=1S/C21H13BrIN3/c22-17-13-16(11-12-18(17)23)21-25-19(14-7-3-1-4-8-14)24-20(26-21)15-9-5-2-6-10-15/h1-13H. The van der Waals surface area contributed by atoms with Crippen LogP contribution in [0.25, 0.3) is 34.2 Å². The summed E-state index contributed by atoms with van der Waals surface area (Å²) in [5.41, 5.74) is 2.89. The number of rotatable bonds is 3. The van der Waals surface area contributed by atoms with Crippen LogP contribution in [0.2, 0.25) is 0 Å². The summed E-state index contributed by atoms with van der Waals surface area (Å²) in [5, 5.41) is 0. The lowest BCUT2D eigenvalue weighted by Gasteiger charge is -2.09. The van der Waals surface area contributed by atoms with Crippen molar-refractivity contribution in [3.05, 3.63) is 86.9 Å². The number of aromatic nitrogens is 3. The zero-order valence-electron chi connectivity index (χ0n) is 13.6. The minimum atomic E-state index is 0.662. The van der Waals surface area contributed by atoms with Crippen molar-refractivity contribution < 1.29 is 0 Å². The zero-order valence-corrected chi connectivity index (χ0v) is 17.3. The molecular formula is C21H13BrIN3. The quantitative estimate of drug-likeness (QED) is 0.304. The highest BCUT2D eigenvalue weighted by atomic mass is 127. The first-order chi connectivity index (χ1) is 12.7. The van der Waals surface area contributed by atoms with E-state index in [1.165, 1.54) is 0 Å². The molecule has 0 bridgehead atoms. The molecule has 5 heteroatoms. The van der Waals surface area contributed by atoms with Crippen LogP contribution in [-0.2, 0) is 0 Å². The van der Waals surface area contributed by atoms with E-state index in [4.69, 9.17) is 15.0 Å². The van der Waals surface area contributed by atoms with Gasteiger partial charge in [-0.15, -0.1) is 0 Å². The van der Waals surface area contributed by atoms with Crippen molar-refractivity contribution in [2.75, 3.05) is 0 Å². The Morgan fingerprint density at radius 2 is 1.04 bits per heavy atom. The summed E-state index contributed by atoms with van der Waals surface area (Å²) < 4.78 is 2.17. The predicted octanol–water partition coefficient (Wildman–Crippen LogP) is 6.24. The summed E-state index contributed by atoms with van der Waals surface area (Å²) in [6.07, 6.45) is 0. The summed E-state index contributed by atoms with van der Waals surface area (Å²) in [6.45, 7) is 0. The molecule has 0 amide bonds. The lowest BCUT2D eigenvalue weighted by atomic mass is 10.1. The molecule has 0 aliphatic heterocycles. The van der Waals surface area contributed by atoms with Crippen molar-refractivity contribution in [2.45, 2.75) is 0 Å². The van der Waals surface area contributed by atoms with E-state index in [9.17, 15) is 0 Å². The van der Waals surface area contributed by atoms with Crippen molar-refractivity contribution in [1.82, 2.24) is 15.0 Å². The Morgan fingerprint density at radius 3 is 1.50 bits per heavy atom. The molecule has 3 aromatic carbocycles. The maximum Gasteiger partial charge on any atom is 0.164 e. The van der Waals surface area contributed by atoms with Crippen molar-refractivity contribution >= 4 is 38.5 Å². The Balaban J connectivity index is 1.92. The molecule has 0 saturated heterocycles. The van der Waals surface area contributed by atoms with Gasteiger partial charge in [-0.25, -0.2) is 15.0 Å². The highest BCUT2D eigenvalue weighted by Crippen LogP contribution is 2.28. The lowest BCUT2D eigenvalue weighted by Crippen LogP contribution is -2.00. The highest BCUT2D eigenvalue weighted by Gasteiger charge is 2.12. The van der Waals surface area contributed by atoms with Gasteiger partial charge in [0.05, 0.1) is 0 Å². The SMILES string of the molecule is Brc1cc(-c2nc(-c3ccccc3)nc(-c3ccccc3)n2)ccc1I. The Hall–Kier alpha value is -2.12. The third kappa shape index (κ3) is 3.68. The van der Waals surface area contributed by atoms with Crippen molar-refractivity contribution in [3.63, 3.8) is 0 Å². The van der Waals surface area contributed by atoms with E-state index in [0.717, 1.165) is 24.7 Å². The van der Waals surface area contributed by atoms with E-state index < -0.39 is 0 Å². The fourth-order valence-electron chi connectivity index (χ4n) is 2.57. The molecular weight excluding hydrogens is 501 g/mol. The molecule has 26 heavy (non-hydrogen) atoms. The second kappa shape index (κ2) is 7.63.